The number of ketones is 1. The number of hydrogen-bond donors (Lipinski definition) is 1. The fourth-order valence-corrected chi connectivity index (χ4v) is 5.34. The summed E-state index contributed by atoms with van der Waals surface area (Å²) in [5, 5.41) is 11.3. The van der Waals surface area contributed by atoms with Gasteiger partial charge < -0.3 is 23.7 Å². The van der Waals surface area contributed by atoms with E-state index in [-0.39, 0.29) is 11.3 Å². The summed E-state index contributed by atoms with van der Waals surface area (Å²) in [6.45, 7) is 4.11. The average molecular weight is 521 g/mol. The number of carbonyl (C=O) groups is 2. The fraction of sp³-hybridized carbons (Fsp3) is 0.222. The van der Waals surface area contributed by atoms with Gasteiger partial charge in [0.05, 0.1) is 36.6 Å². The molecule has 0 saturated carbocycles. The van der Waals surface area contributed by atoms with Gasteiger partial charge in [0.2, 0.25) is 5.78 Å². The minimum atomic E-state index is -1.05. The number of fused-ring (bicyclic) bond motifs is 1. The number of ether oxygens (including phenoxy) is 3. The van der Waals surface area contributed by atoms with Crippen molar-refractivity contribution < 1.29 is 33.3 Å². The molecule has 0 aliphatic carbocycles. The van der Waals surface area contributed by atoms with Crippen LogP contribution in [-0.2, 0) is 4.79 Å². The second-order valence-corrected chi connectivity index (χ2v) is 9.26. The zero-order chi connectivity index (χ0) is 26.3. The molecule has 0 saturated heterocycles. The predicted octanol–water partition coefficient (Wildman–Crippen LogP) is 5.40. The summed E-state index contributed by atoms with van der Waals surface area (Å²) < 4.78 is 22.9. The van der Waals surface area contributed by atoms with E-state index in [1.165, 1.54) is 36.5 Å². The topological polar surface area (TPSA) is 111 Å². The van der Waals surface area contributed by atoms with Crippen LogP contribution in [0.1, 0.15) is 34.8 Å². The van der Waals surface area contributed by atoms with E-state index in [1.54, 1.807) is 43.3 Å². The number of furan rings is 1. The van der Waals surface area contributed by atoms with Crippen LogP contribution in [0.5, 0.6) is 17.2 Å². The van der Waals surface area contributed by atoms with Crippen LogP contribution in [0.3, 0.4) is 0 Å². The number of benzene rings is 2. The molecule has 4 aromatic rings. The van der Waals surface area contributed by atoms with Gasteiger partial charge in [-0.1, -0.05) is 11.3 Å². The van der Waals surface area contributed by atoms with Gasteiger partial charge in [0.15, 0.2) is 16.7 Å². The first-order chi connectivity index (χ1) is 17.9. The van der Waals surface area contributed by atoms with Crippen LogP contribution in [0.15, 0.2) is 64.3 Å². The zero-order valence-electron chi connectivity index (χ0n) is 20.6. The normalized spacial score (nSPS) is 15.5. The smallest absolute Gasteiger partial charge is 0.296 e. The van der Waals surface area contributed by atoms with Crippen molar-refractivity contribution in [2.75, 3.05) is 25.7 Å². The van der Waals surface area contributed by atoms with Gasteiger partial charge >= 0.3 is 0 Å². The number of nitrogens with zero attached hydrogens (tertiary/aromatic N) is 2. The third kappa shape index (κ3) is 4.19. The van der Waals surface area contributed by atoms with Crippen molar-refractivity contribution >= 4 is 38.4 Å². The van der Waals surface area contributed by atoms with Crippen molar-refractivity contribution in [3.63, 3.8) is 0 Å². The summed E-state index contributed by atoms with van der Waals surface area (Å²) >= 11 is 1.25. The maximum atomic E-state index is 13.6. The molecular formula is C27H24N2O7S. The number of Topliss-reactive ketones (excluding diaryl/α,β-unsaturated/α-hetero) is 1. The van der Waals surface area contributed by atoms with E-state index in [0.29, 0.717) is 45.8 Å². The van der Waals surface area contributed by atoms with Gasteiger partial charge in [-0.2, -0.15) is 0 Å². The number of hydrogen-bond acceptors (Lipinski definition) is 9. The van der Waals surface area contributed by atoms with Crippen molar-refractivity contribution in [2.24, 2.45) is 0 Å². The molecule has 37 heavy (non-hydrogen) atoms. The minimum Gasteiger partial charge on any atom is -0.503 e. The molecule has 9 nitrogen and oxygen atoms in total. The van der Waals surface area contributed by atoms with Crippen molar-refractivity contribution in [1.82, 2.24) is 4.98 Å². The molecule has 0 radical (unpaired) electrons. The first-order valence-corrected chi connectivity index (χ1v) is 12.3. The second-order valence-electron chi connectivity index (χ2n) is 8.25. The Morgan fingerprint density at radius 3 is 2.57 bits per heavy atom. The highest BCUT2D eigenvalue weighted by atomic mass is 32.1. The molecule has 3 heterocycles. The van der Waals surface area contributed by atoms with Gasteiger partial charge in [0.1, 0.15) is 29.1 Å². The quantitative estimate of drug-likeness (QED) is 0.308. The second kappa shape index (κ2) is 9.62. The van der Waals surface area contributed by atoms with Crippen LogP contribution in [0.25, 0.3) is 10.2 Å². The van der Waals surface area contributed by atoms with Crippen molar-refractivity contribution in [3.05, 3.63) is 76.9 Å². The molecule has 1 aliphatic heterocycles. The van der Waals surface area contributed by atoms with E-state index >= 15 is 0 Å². The number of thiazole rings is 1. The van der Waals surface area contributed by atoms with Crippen LogP contribution < -0.4 is 19.1 Å². The average Bonchev–Trinajstić information content (AvgIpc) is 3.59. The lowest BCUT2D eigenvalue weighted by molar-refractivity contribution is -0.117. The third-order valence-electron chi connectivity index (χ3n) is 6.01. The third-order valence-corrected chi connectivity index (χ3v) is 7.03. The van der Waals surface area contributed by atoms with Gasteiger partial charge in [-0.3, -0.25) is 14.5 Å². The number of aliphatic hydroxyl groups excluding tert-OH is 1. The Labute approximate surface area is 216 Å². The van der Waals surface area contributed by atoms with Crippen molar-refractivity contribution in [3.8, 4) is 17.2 Å². The van der Waals surface area contributed by atoms with E-state index in [0.717, 1.165) is 4.70 Å². The molecule has 0 unspecified atom stereocenters. The summed E-state index contributed by atoms with van der Waals surface area (Å²) in [5.41, 5.74) is 0.953. The van der Waals surface area contributed by atoms with E-state index in [4.69, 9.17) is 18.6 Å². The summed E-state index contributed by atoms with van der Waals surface area (Å²) in [6, 6.07) is 12.6. The molecule has 5 rings (SSSR count). The number of aliphatic hydroxyl groups is 1. The highest BCUT2D eigenvalue weighted by Gasteiger charge is 2.47. The van der Waals surface area contributed by atoms with E-state index in [1.807, 2.05) is 13.0 Å². The molecule has 1 atom stereocenters. The van der Waals surface area contributed by atoms with Crippen LogP contribution >= 0.6 is 11.3 Å². The molecule has 10 heteroatoms. The number of aryl methyl sites for hydroxylation is 1. The Bertz CT molecular complexity index is 1550. The Balaban J connectivity index is 1.70. The van der Waals surface area contributed by atoms with Crippen LogP contribution in [0.2, 0.25) is 0 Å². The van der Waals surface area contributed by atoms with E-state index in [9.17, 15) is 14.7 Å². The minimum absolute atomic E-state index is 0.00576. The van der Waals surface area contributed by atoms with Crippen molar-refractivity contribution in [1.29, 1.82) is 0 Å². The SMILES string of the molecule is CCOc1ccc2nc(N3C(=O)C(O)=C(C(=O)c4ccc(C)o4)[C@@H]3c3cc(OC)ccc3OC)sc2c1. The highest BCUT2D eigenvalue weighted by molar-refractivity contribution is 7.22. The first-order valence-electron chi connectivity index (χ1n) is 11.5. The number of aromatic nitrogens is 1. The molecule has 0 fully saturated rings. The van der Waals surface area contributed by atoms with E-state index in [2.05, 4.69) is 4.98 Å². The van der Waals surface area contributed by atoms with Crippen LogP contribution in [-0.4, -0.2) is 42.6 Å². The number of carbonyl (C=O) groups excluding carboxylic acids is 2. The molecule has 2 aromatic carbocycles. The largest absolute Gasteiger partial charge is 0.503 e. The summed E-state index contributed by atoms with van der Waals surface area (Å²) in [7, 11) is 3.00. The lowest BCUT2D eigenvalue weighted by atomic mass is 9.94. The van der Waals surface area contributed by atoms with Gasteiger partial charge in [0.25, 0.3) is 5.91 Å². The molecule has 1 N–H and O–H groups in total. The standard InChI is InChI=1S/C27H24N2O7S/c1-5-35-16-7-9-18-21(13-16)37-27(28-18)29-23(17-12-15(33-3)8-11-19(17)34-4)22(25(31)26(29)32)24(30)20-10-6-14(2)36-20/h6-13,23,31H,5H2,1-4H3/t23-/m0/s1. The van der Waals surface area contributed by atoms with Gasteiger partial charge in [-0.05, 0) is 62.4 Å². The lowest BCUT2D eigenvalue weighted by Gasteiger charge is -2.26. The number of methoxy groups -OCH3 is 2. The maximum Gasteiger partial charge on any atom is 0.296 e. The lowest BCUT2D eigenvalue weighted by Crippen LogP contribution is -2.31. The summed E-state index contributed by atoms with van der Waals surface area (Å²) in [6.07, 6.45) is 0. The number of rotatable bonds is 8. The summed E-state index contributed by atoms with van der Waals surface area (Å²) in [4.78, 5) is 33.1. The molecule has 2 aromatic heterocycles. The zero-order valence-corrected chi connectivity index (χ0v) is 21.4. The van der Waals surface area contributed by atoms with Gasteiger partial charge in [-0.15, -0.1) is 0 Å². The molecule has 0 spiro atoms. The molecule has 0 bridgehead atoms. The Hall–Kier alpha value is -4.31. The maximum absolute atomic E-state index is 13.6. The van der Waals surface area contributed by atoms with Crippen LogP contribution in [0, 0.1) is 6.92 Å². The summed E-state index contributed by atoms with van der Waals surface area (Å²) in [5.74, 6) is 0.0429. The van der Waals surface area contributed by atoms with Gasteiger partial charge in [-0.25, -0.2) is 4.98 Å². The Morgan fingerprint density at radius 1 is 1.11 bits per heavy atom. The number of anilines is 1. The van der Waals surface area contributed by atoms with E-state index < -0.39 is 23.5 Å². The Kier molecular flexibility index (Phi) is 6.34. The molecule has 1 aliphatic rings. The molecular weight excluding hydrogens is 496 g/mol. The predicted molar refractivity (Wildman–Crippen MR) is 138 cm³/mol. The first kappa shape index (κ1) is 24.4. The fourth-order valence-electron chi connectivity index (χ4n) is 4.32. The molecule has 1 amide bonds. The van der Waals surface area contributed by atoms with Crippen LogP contribution in [0.4, 0.5) is 5.13 Å². The highest BCUT2D eigenvalue weighted by Crippen LogP contribution is 2.47. The monoisotopic (exact) mass is 520 g/mol. The molecule has 190 valence electrons. The van der Waals surface area contributed by atoms with Crippen molar-refractivity contribution in [2.45, 2.75) is 19.9 Å². The number of amides is 1. The van der Waals surface area contributed by atoms with Gasteiger partial charge in [0, 0.05) is 5.56 Å². The Morgan fingerprint density at radius 2 is 1.89 bits per heavy atom.